The molecule has 0 saturated carbocycles. The fourth-order valence-corrected chi connectivity index (χ4v) is 3.50. The van der Waals surface area contributed by atoms with E-state index in [0.29, 0.717) is 21.8 Å². The van der Waals surface area contributed by atoms with Gasteiger partial charge in [-0.15, -0.1) is 0 Å². The number of nitrogens with one attached hydrogen (secondary N) is 2. The minimum Gasteiger partial charge on any atom is -0.370 e. The summed E-state index contributed by atoms with van der Waals surface area (Å²) < 4.78 is 0. The summed E-state index contributed by atoms with van der Waals surface area (Å²) in [6.07, 6.45) is 3.43. The van der Waals surface area contributed by atoms with Gasteiger partial charge in [-0.3, -0.25) is 4.79 Å². The van der Waals surface area contributed by atoms with E-state index in [4.69, 9.17) is 11.6 Å². The second kappa shape index (κ2) is 7.74. The summed E-state index contributed by atoms with van der Waals surface area (Å²) in [6, 6.07) is 3.36. The van der Waals surface area contributed by atoms with Gasteiger partial charge in [-0.25, -0.2) is 4.98 Å². The molecule has 1 saturated heterocycles. The van der Waals surface area contributed by atoms with Crippen molar-refractivity contribution in [2.24, 2.45) is 0 Å². The number of carbonyl (C=O) groups is 1. The third-order valence-electron chi connectivity index (χ3n) is 3.13. The van der Waals surface area contributed by atoms with Crippen LogP contribution in [0.5, 0.6) is 0 Å². The summed E-state index contributed by atoms with van der Waals surface area (Å²) in [5, 5.41) is 7.01. The molecule has 1 aromatic rings. The standard InChI is InChI=1S/C14H20ClN3OS/c1-2-5-16-13-8-10(7-12(15)18-13)14(19)17-9-11-4-3-6-20-11/h7-8,11H,2-6,9H2,1H3,(H,16,18)(H,17,19). The Kier molecular flexibility index (Phi) is 5.98. The lowest BCUT2D eigenvalue weighted by molar-refractivity contribution is 0.0953. The van der Waals surface area contributed by atoms with Crippen LogP contribution in [-0.2, 0) is 0 Å². The summed E-state index contributed by atoms with van der Waals surface area (Å²) >= 11 is 7.90. The molecule has 0 radical (unpaired) electrons. The van der Waals surface area contributed by atoms with Crippen LogP contribution in [0.1, 0.15) is 36.5 Å². The van der Waals surface area contributed by atoms with Gasteiger partial charge in [-0.2, -0.15) is 11.8 Å². The zero-order valence-electron chi connectivity index (χ0n) is 11.6. The Morgan fingerprint density at radius 2 is 2.40 bits per heavy atom. The highest BCUT2D eigenvalue weighted by atomic mass is 35.5. The molecule has 1 unspecified atom stereocenters. The van der Waals surface area contributed by atoms with Gasteiger partial charge in [0.15, 0.2) is 0 Å². The van der Waals surface area contributed by atoms with Crippen molar-refractivity contribution in [1.82, 2.24) is 10.3 Å². The molecule has 4 nitrogen and oxygen atoms in total. The second-order valence-electron chi connectivity index (χ2n) is 4.84. The van der Waals surface area contributed by atoms with Gasteiger partial charge in [0, 0.05) is 23.9 Å². The fourth-order valence-electron chi connectivity index (χ4n) is 2.09. The summed E-state index contributed by atoms with van der Waals surface area (Å²) in [6.45, 7) is 3.61. The molecule has 20 heavy (non-hydrogen) atoms. The van der Waals surface area contributed by atoms with E-state index in [1.54, 1.807) is 12.1 Å². The monoisotopic (exact) mass is 313 g/mol. The molecule has 1 atom stereocenters. The molecule has 6 heteroatoms. The van der Waals surface area contributed by atoms with Crippen LogP contribution in [0.15, 0.2) is 12.1 Å². The molecular formula is C14H20ClN3OS. The fraction of sp³-hybridized carbons (Fsp3) is 0.571. The maximum Gasteiger partial charge on any atom is 0.251 e. The van der Waals surface area contributed by atoms with E-state index < -0.39 is 0 Å². The van der Waals surface area contributed by atoms with Crippen LogP contribution < -0.4 is 10.6 Å². The van der Waals surface area contributed by atoms with E-state index in [-0.39, 0.29) is 5.91 Å². The van der Waals surface area contributed by atoms with E-state index in [2.05, 4.69) is 22.5 Å². The van der Waals surface area contributed by atoms with Crippen molar-refractivity contribution in [3.05, 3.63) is 22.8 Å². The third kappa shape index (κ3) is 4.56. The maximum atomic E-state index is 12.1. The lowest BCUT2D eigenvalue weighted by Crippen LogP contribution is -2.29. The van der Waals surface area contributed by atoms with Crippen molar-refractivity contribution >= 4 is 35.1 Å². The van der Waals surface area contributed by atoms with Crippen LogP contribution in [0.3, 0.4) is 0 Å². The lowest BCUT2D eigenvalue weighted by Gasteiger charge is -2.11. The van der Waals surface area contributed by atoms with Gasteiger partial charge < -0.3 is 10.6 Å². The number of carbonyl (C=O) groups excluding carboxylic acids is 1. The number of thioether (sulfide) groups is 1. The number of hydrogen-bond acceptors (Lipinski definition) is 4. The first-order valence-electron chi connectivity index (χ1n) is 7.00. The SMILES string of the molecule is CCCNc1cc(C(=O)NCC2CCCS2)cc(Cl)n1. The van der Waals surface area contributed by atoms with Gasteiger partial charge in [0.05, 0.1) is 0 Å². The van der Waals surface area contributed by atoms with Crippen LogP contribution in [0, 0.1) is 0 Å². The Morgan fingerprint density at radius 1 is 1.55 bits per heavy atom. The number of nitrogens with zero attached hydrogens (tertiary/aromatic N) is 1. The molecule has 0 aromatic carbocycles. The summed E-state index contributed by atoms with van der Waals surface area (Å²) in [4.78, 5) is 16.3. The summed E-state index contributed by atoms with van der Waals surface area (Å²) in [5.41, 5.74) is 0.562. The number of aromatic nitrogens is 1. The van der Waals surface area contributed by atoms with Crippen molar-refractivity contribution in [1.29, 1.82) is 0 Å². The van der Waals surface area contributed by atoms with E-state index in [1.807, 2.05) is 11.8 Å². The quantitative estimate of drug-likeness (QED) is 0.792. The van der Waals surface area contributed by atoms with E-state index in [9.17, 15) is 4.79 Å². The topological polar surface area (TPSA) is 54.0 Å². The highest BCUT2D eigenvalue weighted by molar-refractivity contribution is 8.00. The number of halogens is 1. The summed E-state index contributed by atoms with van der Waals surface area (Å²) in [7, 11) is 0. The molecule has 2 rings (SSSR count). The van der Waals surface area contributed by atoms with Crippen LogP contribution in [0.2, 0.25) is 5.15 Å². The van der Waals surface area contributed by atoms with Gasteiger partial charge in [0.25, 0.3) is 5.91 Å². The predicted molar refractivity (Wildman–Crippen MR) is 85.8 cm³/mol. The van der Waals surface area contributed by atoms with Crippen molar-refractivity contribution < 1.29 is 4.79 Å². The molecule has 1 aliphatic heterocycles. The average molecular weight is 314 g/mol. The first kappa shape index (κ1) is 15.4. The van der Waals surface area contributed by atoms with Gasteiger partial charge in [-0.05, 0) is 37.1 Å². The zero-order chi connectivity index (χ0) is 14.4. The average Bonchev–Trinajstić information content (AvgIpc) is 2.95. The Balaban J connectivity index is 1.95. The normalized spacial score (nSPS) is 18.0. The molecule has 110 valence electrons. The molecule has 2 heterocycles. The largest absolute Gasteiger partial charge is 0.370 e. The highest BCUT2D eigenvalue weighted by Gasteiger charge is 2.17. The van der Waals surface area contributed by atoms with Crippen molar-refractivity contribution in [3.8, 4) is 0 Å². The van der Waals surface area contributed by atoms with Crippen LogP contribution in [0.4, 0.5) is 5.82 Å². The molecular weight excluding hydrogens is 294 g/mol. The van der Waals surface area contributed by atoms with Crippen molar-refractivity contribution in [2.45, 2.75) is 31.4 Å². The Hall–Kier alpha value is -0.940. The number of amides is 1. The third-order valence-corrected chi connectivity index (χ3v) is 4.72. The van der Waals surface area contributed by atoms with E-state index >= 15 is 0 Å². The van der Waals surface area contributed by atoms with E-state index in [0.717, 1.165) is 19.5 Å². The van der Waals surface area contributed by atoms with Gasteiger partial charge in [-0.1, -0.05) is 18.5 Å². The molecule has 1 fully saturated rings. The Labute approximate surface area is 129 Å². The molecule has 2 N–H and O–H groups in total. The van der Waals surface area contributed by atoms with Crippen molar-refractivity contribution in [3.63, 3.8) is 0 Å². The number of anilines is 1. The van der Waals surface area contributed by atoms with Crippen LogP contribution in [0.25, 0.3) is 0 Å². The van der Waals surface area contributed by atoms with Gasteiger partial charge >= 0.3 is 0 Å². The Morgan fingerprint density at radius 3 is 3.10 bits per heavy atom. The molecule has 0 aliphatic carbocycles. The van der Waals surface area contributed by atoms with Gasteiger partial charge in [0.1, 0.15) is 11.0 Å². The first-order chi connectivity index (χ1) is 9.69. The highest BCUT2D eigenvalue weighted by Crippen LogP contribution is 2.25. The number of hydrogen-bond donors (Lipinski definition) is 2. The zero-order valence-corrected chi connectivity index (χ0v) is 13.2. The van der Waals surface area contributed by atoms with Crippen LogP contribution >= 0.6 is 23.4 Å². The van der Waals surface area contributed by atoms with Crippen LogP contribution in [-0.4, -0.2) is 35.0 Å². The minimum absolute atomic E-state index is 0.0821. The molecule has 0 spiro atoms. The van der Waals surface area contributed by atoms with E-state index in [1.165, 1.54) is 18.6 Å². The van der Waals surface area contributed by atoms with Crippen molar-refractivity contribution in [2.75, 3.05) is 24.2 Å². The minimum atomic E-state index is -0.0821. The number of pyridine rings is 1. The number of rotatable bonds is 6. The van der Waals surface area contributed by atoms with Gasteiger partial charge in [0.2, 0.25) is 0 Å². The smallest absolute Gasteiger partial charge is 0.251 e. The molecule has 1 amide bonds. The first-order valence-corrected chi connectivity index (χ1v) is 8.43. The molecule has 1 aromatic heterocycles. The predicted octanol–water partition coefficient (Wildman–Crippen LogP) is 3.18. The Bertz CT molecular complexity index is 464. The molecule has 1 aliphatic rings. The molecule has 0 bridgehead atoms. The maximum absolute atomic E-state index is 12.1. The lowest BCUT2D eigenvalue weighted by atomic mass is 10.2. The summed E-state index contributed by atoms with van der Waals surface area (Å²) in [5.74, 6) is 1.77. The second-order valence-corrected chi connectivity index (χ2v) is 6.63.